The highest BCUT2D eigenvalue weighted by Gasteiger charge is 2.05. The van der Waals surface area contributed by atoms with E-state index in [-0.39, 0.29) is 11.8 Å². The molecule has 0 aliphatic rings. The van der Waals surface area contributed by atoms with Crippen LogP contribution in [0.25, 0.3) is 0 Å². The largest absolute Gasteiger partial charge is 0.466 e. The van der Waals surface area contributed by atoms with E-state index in [1.54, 1.807) is 6.07 Å². The average molecular weight is 265 g/mol. The van der Waals surface area contributed by atoms with Gasteiger partial charge in [-0.1, -0.05) is 25.1 Å². The van der Waals surface area contributed by atoms with Gasteiger partial charge in [-0.2, -0.15) is 0 Å². The van der Waals surface area contributed by atoms with Crippen LogP contribution in [-0.4, -0.2) is 26.2 Å². The molecular weight excluding hydrogens is 245 g/mol. The van der Waals surface area contributed by atoms with Crippen LogP contribution in [0.1, 0.15) is 18.9 Å². The molecule has 0 aliphatic heterocycles. The molecule has 0 fully saturated rings. The van der Waals surface area contributed by atoms with E-state index < -0.39 is 0 Å². The highest BCUT2D eigenvalue weighted by Crippen LogP contribution is 2.04. The van der Waals surface area contributed by atoms with E-state index in [2.05, 4.69) is 10.1 Å². The normalized spacial score (nSPS) is 11.4. The van der Waals surface area contributed by atoms with Crippen LogP contribution in [0.3, 0.4) is 0 Å². The lowest BCUT2D eigenvalue weighted by Gasteiger charge is -2.05. The molecule has 0 bridgehead atoms. The van der Waals surface area contributed by atoms with Crippen LogP contribution in [0.2, 0.25) is 0 Å². The smallest absolute Gasteiger partial charge is 0.333 e. The third-order valence-corrected chi connectivity index (χ3v) is 2.80. The van der Waals surface area contributed by atoms with Crippen LogP contribution in [0.4, 0.5) is 4.39 Å². The molecule has 1 N–H and O–H groups in total. The van der Waals surface area contributed by atoms with Gasteiger partial charge in [-0.15, -0.1) is 0 Å². The number of ether oxygens (including phenoxy) is 1. The number of nitrogens with one attached hydrogen (secondary N) is 1. The molecular formula is C15H20FNO2. The van der Waals surface area contributed by atoms with Crippen molar-refractivity contribution in [3.63, 3.8) is 0 Å². The minimum atomic E-state index is -0.283. The summed E-state index contributed by atoms with van der Waals surface area (Å²) in [7, 11) is 1.38. The van der Waals surface area contributed by atoms with Crippen LogP contribution in [0.5, 0.6) is 0 Å². The SMILES string of the molecule is CC/C(=C/CNCCc1cccc(F)c1)C(=O)OC. The van der Waals surface area contributed by atoms with E-state index in [0.717, 1.165) is 18.5 Å². The lowest BCUT2D eigenvalue weighted by atomic mass is 10.1. The summed E-state index contributed by atoms with van der Waals surface area (Å²) in [6.45, 7) is 3.25. The van der Waals surface area contributed by atoms with Crippen LogP contribution in [-0.2, 0) is 16.0 Å². The molecule has 0 atom stereocenters. The zero-order valence-corrected chi connectivity index (χ0v) is 11.4. The maximum atomic E-state index is 12.9. The van der Waals surface area contributed by atoms with Crippen molar-refractivity contribution >= 4 is 5.97 Å². The molecule has 0 amide bonds. The quantitative estimate of drug-likeness (QED) is 0.467. The van der Waals surface area contributed by atoms with E-state index in [4.69, 9.17) is 0 Å². The molecule has 0 saturated carbocycles. The second kappa shape index (κ2) is 8.43. The summed E-state index contributed by atoms with van der Waals surface area (Å²) in [6, 6.07) is 6.57. The third-order valence-electron chi connectivity index (χ3n) is 2.80. The van der Waals surface area contributed by atoms with Crippen molar-refractivity contribution in [2.24, 2.45) is 0 Å². The third kappa shape index (κ3) is 5.66. The molecule has 3 nitrogen and oxygen atoms in total. The van der Waals surface area contributed by atoms with E-state index in [9.17, 15) is 9.18 Å². The molecule has 104 valence electrons. The maximum absolute atomic E-state index is 12.9. The molecule has 1 aromatic rings. The topological polar surface area (TPSA) is 38.3 Å². The molecule has 0 aliphatic carbocycles. The fourth-order valence-corrected chi connectivity index (χ4v) is 1.73. The zero-order valence-electron chi connectivity index (χ0n) is 11.4. The zero-order chi connectivity index (χ0) is 14.1. The van der Waals surface area contributed by atoms with Gasteiger partial charge >= 0.3 is 5.97 Å². The van der Waals surface area contributed by atoms with Crippen molar-refractivity contribution in [2.75, 3.05) is 20.2 Å². The van der Waals surface area contributed by atoms with Crippen LogP contribution < -0.4 is 5.32 Å². The Labute approximate surface area is 113 Å². The number of carbonyl (C=O) groups excluding carboxylic acids is 1. The Balaban J connectivity index is 2.31. The number of halogens is 1. The molecule has 0 heterocycles. The highest BCUT2D eigenvalue weighted by atomic mass is 19.1. The Kier molecular flexibility index (Phi) is 6.82. The van der Waals surface area contributed by atoms with Crippen molar-refractivity contribution in [1.82, 2.24) is 5.32 Å². The van der Waals surface area contributed by atoms with Crippen molar-refractivity contribution in [2.45, 2.75) is 19.8 Å². The number of methoxy groups -OCH3 is 1. The van der Waals surface area contributed by atoms with Crippen LogP contribution in [0, 0.1) is 5.82 Å². The Morgan fingerprint density at radius 3 is 2.89 bits per heavy atom. The van der Waals surface area contributed by atoms with Gasteiger partial charge in [-0.25, -0.2) is 9.18 Å². The molecule has 0 spiro atoms. The second-order valence-corrected chi connectivity index (χ2v) is 4.16. The van der Waals surface area contributed by atoms with Gasteiger partial charge in [0.15, 0.2) is 0 Å². The van der Waals surface area contributed by atoms with Crippen molar-refractivity contribution in [3.8, 4) is 0 Å². The Hall–Kier alpha value is -1.68. The molecule has 1 rings (SSSR count). The van der Waals surface area contributed by atoms with Crippen molar-refractivity contribution in [3.05, 3.63) is 47.3 Å². The van der Waals surface area contributed by atoms with Gasteiger partial charge in [0.2, 0.25) is 0 Å². The van der Waals surface area contributed by atoms with Gasteiger partial charge in [-0.3, -0.25) is 0 Å². The predicted molar refractivity (Wildman–Crippen MR) is 73.4 cm³/mol. The average Bonchev–Trinajstić information content (AvgIpc) is 2.42. The number of hydrogen-bond acceptors (Lipinski definition) is 3. The molecule has 0 saturated heterocycles. The lowest BCUT2D eigenvalue weighted by molar-refractivity contribution is -0.136. The van der Waals surface area contributed by atoms with Crippen molar-refractivity contribution in [1.29, 1.82) is 0 Å². The first-order chi connectivity index (χ1) is 9.17. The molecule has 0 aromatic heterocycles. The highest BCUT2D eigenvalue weighted by molar-refractivity contribution is 5.88. The minimum absolute atomic E-state index is 0.212. The lowest BCUT2D eigenvalue weighted by Crippen LogP contribution is -2.18. The van der Waals surface area contributed by atoms with Gasteiger partial charge in [-0.05, 0) is 37.1 Å². The summed E-state index contributed by atoms with van der Waals surface area (Å²) in [6.07, 6.45) is 3.24. The van der Waals surface area contributed by atoms with Crippen LogP contribution >= 0.6 is 0 Å². The summed E-state index contributed by atoms with van der Waals surface area (Å²) in [5, 5.41) is 3.19. The fourth-order valence-electron chi connectivity index (χ4n) is 1.73. The minimum Gasteiger partial charge on any atom is -0.466 e. The molecule has 4 heteroatoms. The first kappa shape index (κ1) is 15.4. The standard InChI is InChI=1S/C15H20FNO2/c1-3-13(15(18)19-2)8-10-17-9-7-12-5-4-6-14(16)11-12/h4-6,8,11,17H,3,7,9-10H2,1-2H3/b13-8-. The number of benzene rings is 1. The summed E-state index contributed by atoms with van der Waals surface area (Å²) in [5.74, 6) is -0.495. The van der Waals surface area contributed by atoms with E-state index in [1.165, 1.54) is 19.2 Å². The van der Waals surface area contributed by atoms with Crippen LogP contribution in [0.15, 0.2) is 35.9 Å². The number of esters is 1. The first-order valence-electron chi connectivity index (χ1n) is 6.40. The summed E-state index contributed by atoms with van der Waals surface area (Å²) in [4.78, 5) is 11.3. The molecule has 1 aromatic carbocycles. The van der Waals surface area contributed by atoms with Crippen molar-refractivity contribution < 1.29 is 13.9 Å². The van der Waals surface area contributed by atoms with Gasteiger partial charge in [0.05, 0.1) is 7.11 Å². The Morgan fingerprint density at radius 1 is 1.47 bits per heavy atom. The first-order valence-corrected chi connectivity index (χ1v) is 6.40. The number of rotatable bonds is 7. The molecule has 0 radical (unpaired) electrons. The molecule has 0 unspecified atom stereocenters. The fraction of sp³-hybridized carbons (Fsp3) is 0.400. The maximum Gasteiger partial charge on any atom is 0.333 e. The van der Waals surface area contributed by atoms with Gasteiger partial charge < -0.3 is 10.1 Å². The Morgan fingerprint density at radius 2 is 2.26 bits per heavy atom. The van der Waals surface area contributed by atoms with E-state index in [0.29, 0.717) is 18.5 Å². The van der Waals surface area contributed by atoms with Gasteiger partial charge in [0, 0.05) is 12.1 Å². The number of carbonyl (C=O) groups is 1. The summed E-state index contributed by atoms with van der Waals surface area (Å²) < 4.78 is 17.6. The molecule has 19 heavy (non-hydrogen) atoms. The second-order valence-electron chi connectivity index (χ2n) is 4.16. The van der Waals surface area contributed by atoms with E-state index in [1.807, 2.05) is 19.1 Å². The van der Waals surface area contributed by atoms with Gasteiger partial charge in [0.1, 0.15) is 5.82 Å². The summed E-state index contributed by atoms with van der Waals surface area (Å²) >= 11 is 0. The monoisotopic (exact) mass is 265 g/mol. The van der Waals surface area contributed by atoms with Gasteiger partial charge in [0.25, 0.3) is 0 Å². The van der Waals surface area contributed by atoms with E-state index >= 15 is 0 Å². The Bertz CT molecular complexity index is 444. The summed E-state index contributed by atoms with van der Waals surface area (Å²) in [5.41, 5.74) is 1.63. The predicted octanol–water partition coefficient (Wildman–Crippen LogP) is 2.47. The number of hydrogen-bond donors (Lipinski definition) is 1.